The summed E-state index contributed by atoms with van der Waals surface area (Å²) in [6, 6.07) is 12.2. The number of carbonyl (C=O) groups is 2. The first-order chi connectivity index (χ1) is 13.9. The molecule has 1 atom stereocenters. The van der Waals surface area contributed by atoms with E-state index in [1.807, 2.05) is 30.3 Å². The van der Waals surface area contributed by atoms with Crippen LogP contribution in [0.2, 0.25) is 5.02 Å². The van der Waals surface area contributed by atoms with Crippen LogP contribution in [0.5, 0.6) is 11.5 Å². The van der Waals surface area contributed by atoms with Crippen LogP contribution in [0.4, 0.5) is 0 Å². The molecule has 2 aromatic rings. The van der Waals surface area contributed by atoms with E-state index < -0.39 is 12.0 Å². The lowest BCUT2D eigenvalue weighted by Gasteiger charge is -2.22. The van der Waals surface area contributed by atoms with Crippen molar-refractivity contribution in [3.05, 3.63) is 58.6 Å². The van der Waals surface area contributed by atoms with Crippen LogP contribution >= 0.6 is 11.6 Å². The molecule has 2 aromatic carbocycles. The summed E-state index contributed by atoms with van der Waals surface area (Å²) in [5.41, 5.74) is 2.18. The third-order valence-electron chi connectivity index (χ3n) is 4.67. The van der Waals surface area contributed by atoms with E-state index in [0.29, 0.717) is 28.7 Å². The second kappa shape index (κ2) is 8.96. The van der Waals surface area contributed by atoms with Gasteiger partial charge in [-0.15, -0.1) is 0 Å². The number of ether oxygens (including phenoxy) is 2. The molecule has 29 heavy (non-hydrogen) atoms. The van der Waals surface area contributed by atoms with Crippen LogP contribution in [0.15, 0.2) is 47.6 Å². The van der Waals surface area contributed by atoms with Gasteiger partial charge in [-0.05, 0) is 23.8 Å². The minimum atomic E-state index is -1.03. The van der Waals surface area contributed by atoms with Crippen molar-refractivity contribution in [3.63, 3.8) is 0 Å². The Kier molecular flexibility index (Phi) is 6.39. The number of benzene rings is 2. The molecule has 1 aliphatic rings. The fourth-order valence-corrected chi connectivity index (χ4v) is 3.47. The highest BCUT2D eigenvalue weighted by Gasteiger charge is 2.34. The zero-order valence-corrected chi connectivity index (χ0v) is 16.8. The average Bonchev–Trinajstić information content (AvgIpc) is 3.17. The van der Waals surface area contributed by atoms with Crippen LogP contribution in [0.25, 0.3) is 0 Å². The molecule has 0 saturated carbocycles. The number of amides is 1. The third-order valence-corrected chi connectivity index (χ3v) is 5.01. The standard InChI is InChI=1S/C21H21ClN2O5/c1-28-14-9-13(10-15(11-14)29-2)18-12-19(16-5-3-4-6-17(16)22)24(23-18)20(25)7-8-21(26)27/h3-6,9-11,19H,7-8,12H2,1-2H3,(H,26,27)/t19-/m0/s1. The van der Waals surface area contributed by atoms with E-state index in [9.17, 15) is 9.59 Å². The van der Waals surface area contributed by atoms with Gasteiger partial charge in [0.05, 0.1) is 32.4 Å². The molecule has 0 aromatic heterocycles. The molecule has 0 fully saturated rings. The van der Waals surface area contributed by atoms with Crippen LogP contribution in [0.3, 0.4) is 0 Å². The summed E-state index contributed by atoms with van der Waals surface area (Å²) in [5, 5.41) is 15.3. The van der Waals surface area contributed by atoms with Crippen LogP contribution in [0.1, 0.15) is 36.4 Å². The van der Waals surface area contributed by atoms with Gasteiger partial charge in [-0.2, -0.15) is 5.10 Å². The van der Waals surface area contributed by atoms with Crippen molar-refractivity contribution in [2.24, 2.45) is 5.10 Å². The van der Waals surface area contributed by atoms with Gasteiger partial charge in [0, 0.05) is 29.5 Å². The van der Waals surface area contributed by atoms with Crippen LogP contribution < -0.4 is 9.47 Å². The second-order valence-electron chi connectivity index (χ2n) is 6.52. The van der Waals surface area contributed by atoms with Crippen molar-refractivity contribution in [3.8, 4) is 11.5 Å². The first-order valence-corrected chi connectivity index (χ1v) is 9.40. The molecule has 1 N–H and O–H groups in total. The van der Waals surface area contributed by atoms with Crippen LogP contribution in [-0.2, 0) is 9.59 Å². The van der Waals surface area contributed by atoms with E-state index in [1.165, 1.54) is 5.01 Å². The average molecular weight is 417 g/mol. The summed E-state index contributed by atoms with van der Waals surface area (Å²) in [4.78, 5) is 23.6. The van der Waals surface area contributed by atoms with E-state index in [2.05, 4.69) is 5.10 Å². The maximum Gasteiger partial charge on any atom is 0.303 e. The molecule has 0 spiro atoms. The highest BCUT2D eigenvalue weighted by Crippen LogP contribution is 2.37. The van der Waals surface area contributed by atoms with Gasteiger partial charge in [0.1, 0.15) is 11.5 Å². The normalized spacial score (nSPS) is 15.8. The largest absolute Gasteiger partial charge is 0.497 e. The molecular formula is C21H21ClN2O5. The Labute approximate surface area is 173 Å². The van der Waals surface area contributed by atoms with Gasteiger partial charge in [0.2, 0.25) is 5.91 Å². The summed E-state index contributed by atoms with van der Waals surface area (Å²) >= 11 is 6.37. The molecule has 1 aliphatic heterocycles. The summed E-state index contributed by atoms with van der Waals surface area (Å²) < 4.78 is 10.6. The third kappa shape index (κ3) is 4.68. The molecule has 7 nitrogen and oxygen atoms in total. The Morgan fingerprint density at radius 3 is 2.38 bits per heavy atom. The molecule has 0 radical (unpaired) electrons. The predicted molar refractivity (Wildman–Crippen MR) is 109 cm³/mol. The van der Waals surface area contributed by atoms with Crippen molar-refractivity contribution in [2.75, 3.05) is 14.2 Å². The van der Waals surface area contributed by atoms with E-state index in [1.54, 1.807) is 26.4 Å². The van der Waals surface area contributed by atoms with E-state index in [-0.39, 0.29) is 18.7 Å². The summed E-state index contributed by atoms with van der Waals surface area (Å²) in [5.74, 6) is -0.199. The van der Waals surface area contributed by atoms with Crippen molar-refractivity contribution in [1.82, 2.24) is 5.01 Å². The number of carboxylic acids is 1. The minimum absolute atomic E-state index is 0.144. The van der Waals surface area contributed by atoms with E-state index in [4.69, 9.17) is 26.2 Å². The molecular weight excluding hydrogens is 396 g/mol. The van der Waals surface area contributed by atoms with Gasteiger partial charge < -0.3 is 14.6 Å². The first-order valence-electron chi connectivity index (χ1n) is 9.02. The van der Waals surface area contributed by atoms with Gasteiger partial charge in [0.15, 0.2) is 0 Å². The summed E-state index contributed by atoms with van der Waals surface area (Å²) in [6.45, 7) is 0. The molecule has 0 aliphatic carbocycles. The van der Waals surface area contributed by atoms with E-state index in [0.717, 1.165) is 11.1 Å². The predicted octanol–water partition coefficient (Wildman–Crippen LogP) is 3.90. The molecule has 1 amide bonds. The molecule has 1 heterocycles. The lowest BCUT2D eigenvalue weighted by molar-refractivity contribution is -0.141. The number of methoxy groups -OCH3 is 2. The van der Waals surface area contributed by atoms with Crippen molar-refractivity contribution in [1.29, 1.82) is 0 Å². The van der Waals surface area contributed by atoms with E-state index >= 15 is 0 Å². The quantitative estimate of drug-likeness (QED) is 0.739. The van der Waals surface area contributed by atoms with Crippen molar-refractivity contribution in [2.45, 2.75) is 25.3 Å². The molecule has 0 unspecified atom stereocenters. The topological polar surface area (TPSA) is 88.4 Å². The Hall–Kier alpha value is -3.06. The monoisotopic (exact) mass is 416 g/mol. The Balaban J connectivity index is 1.99. The van der Waals surface area contributed by atoms with Crippen LogP contribution in [-0.4, -0.2) is 41.9 Å². The number of carbonyl (C=O) groups excluding carboxylic acids is 1. The smallest absolute Gasteiger partial charge is 0.303 e. The highest BCUT2D eigenvalue weighted by atomic mass is 35.5. The zero-order chi connectivity index (χ0) is 21.0. The number of hydrogen-bond acceptors (Lipinski definition) is 5. The SMILES string of the molecule is COc1cc(OC)cc(C2=NN(C(=O)CCC(=O)O)[C@H](c3ccccc3Cl)C2)c1. The summed E-state index contributed by atoms with van der Waals surface area (Å²) in [6.07, 6.45) is 0.0236. The van der Waals surface area contributed by atoms with Crippen molar-refractivity contribution < 1.29 is 24.2 Å². The lowest BCUT2D eigenvalue weighted by Crippen LogP contribution is -2.27. The van der Waals surface area contributed by atoms with Gasteiger partial charge >= 0.3 is 5.97 Å². The van der Waals surface area contributed by atoms with Crippen molar-refractivity contribution >= 4 is 29.2 Å². The number of hydrogen-bond donors (Lipinski definition) is 1. The van der Waals surface area contributed by atoms with Gasteiger partial charge in [-0.3, -0.25) is 9.59 Å². The lowest BCUT2D eigenvalue weighted by atomic mass is 9.98. The Morgan fingerprint density at radius 2 is 1.79 bits per heavy atom. The Bertz CT molecular complexity index is 938. The zero-order valence-electron chi connectivity index (χ0n) is 16.1. The Morgan fingerprint density at radius 1 is 1.14 bits per heavy atom. The molecule has 3 rings (SSSR count). The maximum absolute atomic E-state index is 12.7. The first kappa shape index (κ1) is 20.7. The number of halogens is 1. The van der Waals surface area contributed by atoms with Gasteiger partial charge in [0.25, 0.3) is 0 Å². The van der Waals surface area contributed by atoms with Gasteiger partial charge in [-0.25, -0.2) is 5.01 Å². The molecule has 152 valence electrons. The molecule has 0 bridgehead atoms. The number of hydrazone groups is 1. The van der Waals surface area contributed by atoms with Crippen LogP contribution in [0, 0.1) is 0 Å². The number of nitrogens with zero attached hydrogens (tertiary/aromatic N) is 2. The number of rotatable bonds is 7. The number of aliphatic carboxylic acids is 1. The summed E-state index contributed by atoms with van der Waals surface area (Å²) in [7, 11) is 3.12. The van der Waals surface area contributed by atoms with Gasteiger partial charge in [-0.1, -0.05) is 29.8 Å². The fourth-order valence-electron chi connectivity index (χ4n) is 3.20. The highest BCUT2D eigenvalue weighted by molar-refractivity contribution is 6.31. The second-order valence-corrected chi connectivity index (χ2v) is 6.93. The molecule has 0 saturated heterocycles. The minimum Gasteiger partial charge on any atom is -0.497 e. The fraction of sp³-hybridized carbons (Fsp3) is 0.286. The maximum atomic E-state index is 12.7. The number of carboxylic acid groups (broad SMARTS) is 1. The molecule has 8 heteroatoms.